The molecule has 88 valence electrons. The lowest BCUT2D eigenvalue weighted by Crippen LogP contribution is -2.34. The molecule has 0 unspecified atom stereocenters. The summed E-state index contributed by atoms with van der Waals surface area (Å²) in [6.45, 7) is 2.99. The zero-order valence-electron chi connectivity index (χ0n) is 9.34. The van der Waals surface area contributed by atoms with Gasteiger partial charge in [-0.1, -0.05) is 6.42 Å². The van der Waals surface area contributed by atoms with Crippen molar-refractivity contribution in [1.29, 1.82) is 0 Å². The minimum atomic E-state index is 0.174. The molecular formula is C11H22N2O2. The van der Waals surface area contributed by atoms with Crippen LogP contribution in [0.15, 0.2) is 0 Å². The molecule has 0 aliphatic carbocycles. The average Bonchev–Trinajstić information content (AvgIpc) is 2.30. The van der Waals surface area contributed by atoms with E-state index >= 15 is 0 Å². The third kappa shape index (κ3) is 5.14. The van der Waals surface area contributed by atoms with E-state index in [1.165, 1.54) is 0 Å². The largest absolute Gasteiger partial charge is 0.381 e. The smallest absolute Gasteiger partial charge is 0.223 e. The molecule has 1 saturated heterocycles. The van der Waals surface area contributed by atoms with Crippen LogP contribution in [0, 0.1) is 5.92 Å². The number of nitrogens with one attached hydrogen (secondary N) is 1. The van der Waals surface area contributed by atoms with Crippen molar-refractivity contribution in [2.45, 2.75) is 32.1 Å². The first-order valence-corrected chi connectivity index (χ1v) is 5.90. The number of carbonyl (C=O) groups is 1. The highest BCUT2D eigenvalue weighted by Gasteiger charge is 2.20. The Kier molecular flexibility index (Phi) is 6.36. The molecule has 1 rings (SSSR count). The topological polar surface area (TPSA) is 64.3 Å². The molecule has 0 saturated carbocycles. The summed E-state index contributed by atoms with van der Waals surface area (Å²) in [6.07, 6.45) is 4.92. The van der Waals surface area contributed by atoms with Gasteiger partial charge < -0.3 is 15.8 Å². The molecule has 0 radical (unpaired) electrons. The molecule has 0 bridgehead atoms. The number of ether oxygens (including phenoxy) is 1. The van der Waals surface area contributed by atoms with Gasteiger partial charge in [0.25, 0.3) is 0 Å². The number of amides is 1. The van der Waals surface area contributed by atoms with Gasteiger partial charge in [0.15, 0.2) is 0 Å². The Labute approximate surface area is 91.5 Å². The predicted octanol–water partition coefficient (Wildman–Crippen LogP) is 0.658. The first kappa shape index (κ1) is 12.5. The molecule has 0 aromatic rings. The Morgan fingerprint density at radius 3 is 2.67 bits per heavy atom. The second-order valence-corrected chi connectivity index (χ2v) is 4.03. The van der Waals surface area contributed by atoms with E-state index in [1.54, 1.807) is 0 Å². The number of unbranched alkanes of at least 4 members (excludes halogenated alkanes) is 2. The maximum atomic E-state index is 11.6. The van der Waals surface area contributed by atoms with Crippen LogP contribution in [0.25, 0.3) is 0 Å². The first-order chi connectivity index (χ1) is 7.34. The third-order valence-corrected chi connectivity index (χ3v) is 2.77. The minimum Gasteiger partial charge on any atom is -0.381 e. The normalized spacial score (nSPS) is 17.7. The van der Waals surface area contributed by atoms with Crippen molar-refractivity contribution < 1.29 is 9.53 Å². The maximum Gasteiger partial charge on any atom is 0.223 e. The standard InChI is InChI=1S/C11H22N2O2/c12-6-2-1-3-7-13-11(14)10-4-8-15-9-5-10/h10H,1-9,12H2,(H,13,14). The molecular weight excluding hydrogens is 192 g/mol. The van der Waals surface area contributed by atoms with E-state index in [4.69, 9.17) is 10.5 Å². The molecule has 3 N–H and O–H groups in total. The van der Waals surface area contributed by atoms with Gasteiger partial charge in [0.2, 0.25) is 5.91 Å². The van der Waals surface area contributed by atoms with Crippen LogP contribution in [0.2, 0.25) is 0 Å². The van der Waals surface area contributed by atoms with Gasteiger partial charge in [-0.05, 0) is 32.2 Å². The fourth-order valence-corrected chi connectivity index (χ4v) is 1.76. The van der Waals surface area contributed by atoms with Gasteiger partial charge in [0.1, 0.15) is 0 Å². The molecule has 1 amide bonds. The number of carbonyl (C=O) groups excluding carboxylic acids is 1. The highest BCUT2D eigenvalue weighted by Crippen LogP contribution is 2.14. The Hall–Kier alpha value is -0.610. The lowest BCUT2D eigenvalue weighted by atomic mass is 9.99. The maximum absolute atomic E-state index is 11.6. The van der Waals surface area contributed by atoms with Crippen LogP contribution < -0.4 is 11.1 Å². The van der Waals surface area contributed by atoms with E-state index < -0.39 is 0 Å². The van der Waals surface area contributed by atoms with E-state index in [9.17, 15) is 4.79 Å². The quantitative estimate of drug-likeness (QED) is 0.638. The van der Waals surface area contributed by atoms with Crippen LogP contribution in [0.4, 0.5) is 0 Å². The average molecular weight is 214 g/mol. The number of rotatable bonds is 6. The molecule has 0 aromatic heterocycles. The zero-order chi connectivity index (χ0) is 10.9. The zero-order valence-corrected chi connectivity index (χ0v) is 9.34. The van der Waals surface area contributed by atoms with Crippen molar-refractivity contribution >= 4 is 5.91 Å². The molecule has 0 aromatic carbocycles. The van der Waals surface area contributed by atoms with Gasteiger partial charge >= 0.3 is 0 Å². The summed E-state index contributed by atoms with van der Waals surface area (Å²) in [5.74, 6) is 0.374. The second-order valence-electron chi connectivity index (χ2n) is 4.03. The van der Waals surface area contributed by atoms with Gasteiger partial charge in [-0.2, -0.15) is 0 Å². The van der Waals surface area contributed by atoms with Gasteiger partial charge in [0, 0.05) is 25.7 Å². The van der Waals surface area contributed by atoms with Gasteiger partial charge in [-0.15, -0.1) is 0 Å². The fraction of sp³-hybridized carbons (Fsp3) is 0.909. The first-order valence-electron chi connectivity index (χ1n) is 5.90. The molecule has 0 atom stereocenters. The Morgan fingerprint density at radius 2 is 2.00 bits per heavy atom. The molecule has 1 aliphatic rings. The van der Waals surface area contributed by atoms with Crippen LogP contribution in [-0.2, 0) is 9.53 Å². The van der Waals surface area contributed by atoms with Crippen LogP contribution in [-0.4, -0.2) is 32.2 Å². The van der Waals surface area contributed by atoms with Crippen molar-refractivity contribution in [1.82, 2.24) is 5.32 Å². The van der Waals surface area contributed by atoms with Crippen LogP contribution >= 0.6 is 0 Å². The van der Waals surface area contributed by atoms with E-state index in [0.717, 1.165) is 58.4 Å². The summed E-state index contributed by atoms with van der Waals surface area (Å²) in [7, 11) is 0. The lowest BCUT2D eigenvalue weighted by Gasteiger charge is -2.21. The van der Waals surface area contributed by atoms with Gasteiger partial charge in [0.05, 0.1) is 0 Å². The molecule has 4 heteroatoms. The summed E-state index contributed by atoms with van der Waals surface area (Å²) in [5, 5.41) is 2.98. The summed E-state index contributed by atoms with van der Waals surface area (Å²) >= 11 is 0. The van der Waals surface area contributed by atoms with Crippen LogP contribution in [0.1, 0.15) is 32.1 Å². The molecule has 4 nitrogen and oxygen atoms in total. The monoisotopic (exact) mass is 214 g/mol. The molecule has 15 heavy (non-hydrogen) atoms. The summed E-state index contributed by atoms with van der Waals surface area (Å²) in [4.78, 5) is 11.6. The molecule has 0 spiro atoms. The van der Waals surface area contributed by atoms with E-state index in [-0.39, 0.29) is 11.8 Å². The SMILES string of the molecule is NCCCCCNC(=O)C1CCOCC1. The molecule has 1 fully saturated rings. The third-order valence-electron chi connectivity index (χ3n) is 2.77. The van der Waals surface area contributed by atoms with Crippen LogP contribution in [0.3, 0.4) is 0 Å². The Bertz CT molecular complexity index is 179. The predicted molar refractivity (Wildman–Crippen MR) is 59.5 cm³/mol. The highest BCUT2D eigenvalue weighted by molar-refractivity contribution is 5.78. The van der Waals surface area contributed by atoms with Crippen molar-refractivity contribution in [2.75, 3.05) is 26.3 Å². The summed E-state index contributed by atoms with van der Waals surface area (Å²) in [5.41, 5.74) is 5.39. The van der Waals surface area contributed by atoms with Crippen molar-refractivity contribution in [3.63, 3.8) is 0 Å². The Morgan fingerprint density at radius 1 is 1.27 bits per heavy atom. The van der Waals surface area contributed by atoms with E-state index in [1.807, 2.05) is 0 Å². The van der Waals surface area contributed by atoms with E-state index in [0.29, 0.717) is 0 Å². The van der Waals surface area contributed by atoms with Crippen molar-refractivity contribution in [3.05, 3.63) is 0 Å². The Balaban J connectivity index is 2.02. The fourth-order valence-electron chi connectivity index (χ4n) is 1.76. The molecule has 1 heterocycles. The van der Waals surface area contributed by atoms with Crippen molar-refractivity contribution in [2.24, 2.45) is 11.7 Å². The summed E-state index contributed by atoms with van der Waals surface area (Å²) in [6, 6.07) is 0. The van der Waals surface area contributed by atoms with Crippen molar-refractivity contribution in [3.8, 4) is 0 Å². The molecule has 1 aliphatic heterocycles. The summed E-state index contributed by atoms with van der Waals surface area (Å²) < 4.78 is 5.21. The van der Waals surface area contributed by atoms with Gasteiger partial charge in [-0.3, -0.25) is 4.79 Å². The minimum absolute atomic E-state index is 0.174. The number of hydrogen-bond acceptors (Lipinski definition) is 3. The number of hydrogen-bond donors (Lipinski definition) is 2. The van der Waals surface area contributed by atoms with E-state index in [2.05, 4.69) is 5.32 Å². The highest BCUT2D eigenvalue weighted by atomic mass is 16.5. The van der Waals surface area contributed by atoms with Crippen LogP contribution in [0.5, 0.6) is 0 Å². The second kappa shape index (κ2) is 7.65. The van der Waals surface area contributed by atoms with Gasteiger partial charge in [-0.25, -0.2) is 0 Å². The number of nitrogens with two attached hydrogens (primary N) is 1. The lowest BCUT2D eigenvalue weighted by molar-refractivity contribution is -0.127.